The topological polar surface area (TPSA) is 76.7 Å². The number of hydrogen-bond donors (Lipinski definition) is 2. The summed E-state index contributed by atoms with van der Waals surface area (Å²) in [6.45, 7) is 1.14. The second-order valence-corrected chi connectivity index (χ2v) is 3.84. The summed E-state index contributed by atoms with van der Waals surface area (Å²) in [5, 5.41) is 5.47. The molecule has 1 rings (SSSR count). The van der Waals surface area contributed by atoms with E-state index in [4.69, 9.17) is 9.47 Å². The lowest BCUT2D eigenvalue weighted by Crippen LogP contribution is -2.20. The van der Waals surface area contributed by atoms with Gasteiger partial charge in [-0.25, -0.2) is 4.79 Å². The third kappa shape index (κ3) is 6.47. The Morgan fingerprint density at radius 3 is 2.47 bits per heavy atom. The number of rotatable bonds is 6. The lowest BCUT2D eigenvalue weighted by atomic mass is 10.2. The second-order valence-electron chi connectivity index (χ2n) is 3.84. The van der Waals surface area contributed by atoms with E-state index in [9.17, 15) is 9.59 Å². The van der Waals surface area contributed by atoms with Crippen LogP contribution in [-0.4, -0.2) is 40.0 Å². The highest BCUT2D eigenvalue weighted by molar-refractivity contribution is 6.55. The van der Waals surface area contributed by atoms with Gasteiger partial charge < -0.3 is 14.8 Å². The first-order chi connectivity index (χ1) is 9.11. The van der Waals surface area contributed by atoms with Crippen LogP contribution in [0.3, 0.4) is 0 Å². The summed E-state index contributed by atoms with van der Waals surface area (Å²) in [5.74, 6) is -0.324. The first-order valence-corrected chi connectivity index (χ1v) is 5.92. The summed E-state index contributed by atoms with van der Waals surface area (Å²) < 4.78 is 9.77. The Kier molecular flexibility index (Phi) is 6.45. The van der Waals surface area contributed by atoms with E-state index in [2.05, 4.69) is 10.6 Å². The number of amides is 1. The molecule has 2 N–H and O–H groups in total. The molecular weight excluding hydrogens is 247 g/mol. The van der Waals surface area contributed by atoms with Gasteiger partial charge in [0.05, 0.1) is 0 Å². The number of ether oxygens (including phenoxy) is 2. The van der Waals surface area contributed by atoms with Gasteiger partial charge >= 0.3 is 6.09 Å². The Morgan fingerprint density at radius 1 is 1.21 bits per heavy atom. The maximum atomic E-state index is 11.4. The number of nitrogens with one attached hydrogen (secondary N) is 2. The molecule has 0 saturated heterocycles. The van der Waals surface area contributed by atoms with Crippen LogP contribution in [0.5, 0.6) is 0 Å². The van der Waals surface area contributed by atoms with E-state index in [1.165, 1.54) is 7.85 Å². The Bertz CT molecular complexity index is 422. The average molecular weight is 264 g/mol. The fraction of sp³-hybridized carbons (Fsp3) is 0.333. The first-order valence-electron chi connectivity index (χ1n) is 5.92. The molecular formula is C12H17BN2O4. The number of anilines is 1. The van der Waals surface area contributed by atoms with E-state index in [1.807, 2.05) is 0 Å². The molecule has 1 aromatic rings. The SMILES string of the molecule is BC(=O)OCc1ccc(NC(=O)OCCNC)cc1. The van der Waals surface area contributed by atoms with Crippen molar-refractivity contribution in [2.45, 2.75) is 6.61 Å². The van der Waals surface area contributed by atoms with Crippen LogP contribution in [0.25, 0.3) is 0 Å². The molecule has 102 valence electrons. The van der Waals surface area contributed by atoms with Crippen LogP contribution in [0, 0.1) is 0 Å². The van der Waals surface area contributed by atoms with Crippen molar-refractivity contribution in [3.05, 3.63) is 29.8 Å². The molecule has 19 heavy (non-hydrogen) atoms. The van der Waals surface area contributed by atoms with Crippen LogP contribution in [-0.2, 0) is 16.1 Å². The standard InChI is InChI=1S/C12H17BN2O4/c1-14-6-7-18-12(17)15-10-4-2-9(3-5-10)8-19-11(13)16/h2-5,14H,6-8,13H2,1H3,(H,15,17). The zero-order valence-electron chi connectivity index (χ0n) is 11.1. The highest BCUT2D eigenvalue weighted by atomic mass is 16.5. The van der Waals surface area contributed by atoms with E-state index in [0.717, 1.165) is 5.56 Å². The number of hydrogen-bond acceptors (Lipinski definition) is 5. The van der Waals surface area contributed by atoms with Gasteiger partial charge in [0.15, 0.2) is 0 Å². The highest BCUT2D eigenvalue weighted by Gasteiger charge is 2.03. The van der Waals surface area contributed by atoms with E-state index in [-0.39, 0.29) is 12.5 Å². The molecule has 0 atom stereocenters. The van der Waals surface area contributed by atoms with Crippen LogP contribution in [0.4, 0.5) is 15.3 Å². The van der Waals surface area contributed by atoms with Crippen LogP contribution in [0.1, 0.15) is 5.56 Å². The molecule has 0 radical (unpaired) electrons. The molecule has 0 spiro atoms. The molecule has 0 aliphatic rings. The monoisotopic (exact) mass is 264 g/mol. The zero-order valence-corrected chi connectivity index (χ0v) is 11.1. The Labute approximate surface area is 112 Å². The third-order valence-electron chi connectivity index (χ3n) is 2.23. The Hall–Kier alpha value is -2.02. The van der Waals surface area contributed by atoms with Gasteiger partial charge in [0.2, 0.25) is 13.7 Å². The Morgan fingerprint density at radius 2 is 1.89 bits per heavy atom. The largest absolute Gasteiger partial charge is 0.469 e. The van der Waals surface area contributed by atoms with Gasteiger partial charge in [-0.15, -0.1) is 0 Å². The van der Waals surface area contributed by atoms with Gasteiger partial charge in [-0.1, -0.05) is 12.1 Å². The lowest BCUT2D eigenvalue weighted by molar-refractivity contribution is 0.163. The van der Waals surface area contributed by atoms with Gasteiger partial charge in [0.1, 0.15) is 13.2 Å². The number of carbonyl (C=O) groups is 2. The molecule has 0 aliphatic heterocycles. The van der Waals surface area contributed by atoms with Crippen LogP contribution < -0.4 is 10.6 Å². The normalized spacial score (nSPS) is 9.74. The first kappa shape index (κ1) is 15.0. The van der Waals surface area contributed by atoms with Crippen molar-refractivity contribution in [1.29, 1.82) is 0 Å². The summed E-state index contributed by atoms with van der Waals surface area (Å²) in [5.41, 5.74) is 1.48. The van der Waals surface area contributed by atoms with Crippen molar-refractivity contribution in [1.82, 2.24) is 5.32 Å². The Balaban J connectivity index is 2.39. The molecule has 0 heterocycles. The summed E-state index contributed by atoms with van der Waals surface area (Å²) in [6.07, 6.45) is -0.497. The maximum absolute atomic E-state index is 11.4. The quantitative estimate of drug-likeness (QED) is 0.585. The molecule has 1 aromatic carbocycles. The summed E-state index contributed by atoms with van der Waals surface area (Å²) in [6, 6.07) is 6.98. The average Bonchev–Trinajstić information content (AvgIpc) is 2.38. The van der Waals surface area contributed by atoms with E-state index < -0.39 is 6.09 Å². The van der Waals surface area contributed by atoms with Gasteiger partial charge in [0, 0.05) is 12.2 Å². The molecule has 7 heteroatoms. The summed E-state index contributed by atoms with van der Waals surface area (Å²) >= 11 is 0. The van der Waals surface area contributed by atoms with Crippen molar-refractivity contribution in [3.8, 4) is 0 Å². The molecule has 1 amide bonds. The third-order valence-corrected chi connectivity index (χ3v) is 2.23. The smallest absolute Gasteiger partial charge is 0.411 e. The van der Waals surface area contributed by atoms with Crippen molar-refractivity contribution in [3.63, 3.8) is 0 Å². The van der Waals surface area contributed by atoms with Crippen LogP contribution in [0.15, 0.2) is 24.3 Å². The van der Waals surface area contributed by atoms with Crippen LogP contribution >= 0.6 is 0 Å². The molecule has 0 aliphatic carbocycles. The minimum atomic E-state index is -0.497. The predicted octanol–water partition coefficient (Wildman–Crippen LogP) is 0.724. The molecule has 0 bridgehead atoms. The number of benzene rings is 1. The molecule has 0 unspecified atom stereocenters. The highest BCUT2D eigenvalue weighted by Crippen LogP contribution is 2.10. The number of likely N-dealkylation sites (N-methyl/N-ethyl adjacent to an activating group) is 1. The van der Waals surface area contributed by atoms with Gasteiger partial charge in [0.25, 0.3) is 0 Å². The number of carbonyl (C=O) groups excluding carboxylic acids is 2. The fourth-order valence-corrected chi connectivity index (χ4v) is 1.27. The van der Waals surface area contributed by atoms with Crippen molar-refractivity contribution < 1.29 is 19.1 Å². The van der Waals surface area contributed by atoms with E-state index in [1.54, 1.807) is 31.3 Å². The maximum Gasteiger partial charge on any atom is 0.411 e. The van der Waals surface area contributed by atoms with Crippen LogP contribution in [0.2, 0.25) is 0 Å². The van der Waals surface area contributed by atoms with Crippen molar-refractivity contribution >= 4 is 25.5 Å². The van der Waals surface area contributed by atoms with Crippen molar-refractivity contribution in [2.75, 3.05) is 25.5 Å². The molecule has 6 nitrogen and oxygen atoms in total. The minimum absolute atomic E-state index is 0.224. The van der Waals surface area contributed by atoms with Gasteiger partial charge in [-0.05, 0) is 24.7 Å². The second kappa shape index (κ2) is 8.15. The van der Waals surface area contributed by atoms with E-state index in [0.29, 0.717) is 18.8 Å². The predicted molar refractivity (Wildman–Crippen MR) is 74.1 cm³/mol. The van der Waals surface area contributed by atoms with E-state index >= 15 is 0 Å². The zero-order chi connectivity index (χ0) is 14.1. The summed E-state index contributed by atoms with van der Waals surface area (Å²) in [7, 11) is 3.14. The molecule has 0 aromatic heterocycles. The lowest BCUT2D eigenvalue weighted by Gasteiger charge is -2.07. The fourth-order valence-electron chi connectivity index (χ4n) is 1.27. The minimum Gasteiger partial charge on any atom is -0.469 e. The van der Waals surface area contributed by atoms with Gasteiger partial charge in [-0.3, -0.25) is 10.1 Å². The molecule has 0 saturated carbocycles. The molecule has 0 fully saturated rings. The summed E-state index contributed by atoms with van der Waals surface area (Å²) in [4.78, 5) is 22.0. The van der Waals surface area contributed by atoms with Gasteiger partial charge in [-0.2, -0.15) is 0 Å². The van der Waals surface area contributed by atoms with Crippen molar-refractivity contribution in [2.24, 2.45) is 0 Å².